The van der Waals surface area contributed by atoms with Crippen molar-refractivity contribution in [3.05, 3.63) is 0 Å². The van der Waals surface area contributed by atoms with E-state index in [1.165, 1.54) is 0 Å². The molecule has 0 heterocycles. The summed E-state index contributed by atoms with van der Waals surface area (Å²) in [5.74, 6) is 0.296. The number of rotatable bonds is 11. The predicted octanol–water partition coefficient (Wildman–Crippen LogP) is 2.76. The zero-order valence-corrected chi connectivity index (χ0v) is 13.4. The molecule has 0 rings (SSSR count). The van der Waals surface area contributed by atoms with E-state index in [4.69, 9.17) is 13.6 Å². The quantitative estimate of drug-likeness (QED) is 0.430. The number of hydrogen-bond acceptors (Lipinski definition) is 4. The van der Waals surface area contributed by atoms with Crippen molar-refractivity contribution in [1.82, 2.24) is 0 Å². The Balaban J connectivity index is 4.48. The number of aldehydes is 1. The van der Waals surface area contributed by atoms with Gasteiger partial charge < -0.3 is 18.4 Å². The lowest BCUT2D eigenvalue weighted by molar-refractivity contribution is -0.109. The molecule has 0 saturated heterocycles. The lowest BCUT2D eigenvalue weighted by Gasteiger charge is -2.30. The molecule has 18 heavy (non-hydrogen) atoms. The molecule has 0 aliphatic carbocycles. The van der Waals surface area contributed by atoms with Crippen LogP contribution in [0.2, 0.25) is 12.1 Å². The van der Waals surface area contributed by atoms with E-state index in [2.05, 4.69) is 13.8 Å². The van der Waals surface area contributed by atoms with Crippen LogP contribution in [0.1, 0.15) is 33.1 Å². The second-order valence-corrected chi connectivity index (χ2v) is 8.40. The molecule has 0 fully saturated rings. The second-order valence-electron chi connectivity index (χ2n) is 4.56. The van der Waals surface area contributed by atoms with Gasteiger partial charge in [-0.15, -0.1) is 0 Å². The first-order chi connectivity index (χ1) is 8.62. The Bertz CT molecular complexity index is 211. The van der Waals surface area contributed by atoms with Crippen molar-refractivity contribution < 1.29 is 18.4 Å². The highest BCUT2D eigenvalue weighted by Gasteiger charge is 2.34. The Morgan fingerprint density at radius 3 is 2.11 bits per heavy atom. The summed E-state index contributed by atoms with van der Waals surface area (Å²) in [6, 6.07) is 1.84. The average molecular weight is 276 g/mol. The summed E-state index contributed by atoms with van der Waals surface area (Å²) in [4.78, 5) is 10.7. The smallest absolute Gasteiger partial charge is 0.337 e. The van der Waals surface area contributed by atoms with Crippen LogP contribution < -0.4 is 0 Å². The van der Waals surface area contributed by atoms with Crippen molar-refractivity contribution >= 4 is 14.8 Å². The van der Waals surface area contributed by atoms with Gasteiger partial charge in [0.05, 0.1) is 6.10 Å². The zero-order chi connectivity index (χ0) is 14.0. The monoisotopic (exact) mass is 276 g/mol. The van der Waals surface area contributed by atoms with Crippen molar-refractivity contribution in [1.29, 1.82) is 0 Å². The van der Waals surface area contributed by atoms with Crippen LogP contribution in [0.5, 0.6) is 0 Å². The molecule has 108 valence electrons. The maximum absolute atomic E-state index is 10.7. The van der Waals surface area contributed by atoms with Crippen molar-refractivity contribution in [2.24, 2.45) is 5.92 Å². The summed E-state index contributed by atoms with van der Waals surface area (Å²) >= 11 is 0. The second kappa shape index (κ2) is 9.66. The summed E-state index contributed by atoms with van der Waals surface area (Å²) in [6.45, 7) is 4.20. The molecule has 0 aliphatic heterocycles. The van der Waals surface area contributed by atoms with Crippen LogP contribution in [-0.2, 0) is 18.4 Å². The molecular formula is C13H28O4Si. The summed E-state index contributed by atoms with van der Waals surface area (Å²) in [5.41, 5.74) is 0. The molecule has 0 saturated carbocycles. The van der Waals surface area contributed by atoms with E-state index in [0.29, 0.717) is 12.3 Å². The molecular weight excluding hydrogens is 248 g/mol. The first kappa shape index (κ1) is 17.8. The Labute approximate surface area is 112 Å². The van der Waals surface area contributed by atoms with E-state index in [1.54, 1.807) is 21.3 Å². The third kappa shape index (κ3) is 5.18. The highest BCUT2D eigenvalue weighted by molar-refractivity contribution is 6.67. The van der Waals surface area contributed by atoms with E-state index >= 15 is 0 Å². The first-order valence-electron chi connectivity index (χ1n) is 6.69. The predicted molar refractivity (Wildman–Crippen MR) is 74.9 cm³/mol. The number of carbonyl (C=O) groups excluding carboxylic acids is 1. The molecule has 0 N–H and O–H groups in total. The van der Waals surface area contributed by atoms with Crippen LogP contribution in [0.25, 0.3) is 0 Å². The topological polar surface area (TPSA) is 44.8 Å². The van der Waals surface area contributed by atoms with Crippen molar-refractivity contribution in [2.45, 2.75) is 51.3 Å². The summed E-state index contributed by atoms with van der Waals surface area (Å²) < 4.78 is 16.7. The minimum Gasteiger partial charge on any atom is -0.398 e. The fourth-order valence-corrected chi connectivity index (χ4v) is 4.60. The van der Waals surface area contributed by atoms with Crippen molar-refractivity contribution in [2.75, 3.05) is 21.3 Å². The highest BCUT2D eigenvalue weighted by atomic mass is 28.4. The van der Waals surface area contributed by atoms with Crippen LogP contribution in [0.4, 0.5) is 0 Å². The number of hydrogen-bond donors (Lipinski definition) is 0. The van der Waals surface area contributed by atoms with E-state index in [9.17, 15) is 4.79 Å². The Hall–Kier alpha value is -0.233. The normalized spacial score (nSPS) is 15.4. The van der Waals surface area contributed by atoms with Crippen LogP contribution in [0, 0.1) is 5.92 Å². The van der Waals surface area contributed by atoms with Gasteiger partial charge in [-0.25, -0.2) is 0 Å². The number of carbonyl (C=O) groups is 1. The number of methoxy groups -OCH3 is 1. The molecule has 0 aromatic heterocycles. The molecule has 0 aromatic rings. The lowest BCUT2D eigenvalue weighted by Crippen LogP contribution is -2.40. The standard InChI is InChI=1S/C13H28O4Si/c1-6-12(8-10-14)13(15-3)9-11-18(7-2,16-4)17-5/h10,12-13H,6-9,11H2,1-5H3. The van der Waals surface area contributed by atoms with Crippen molar-refractivity contribution in [3.8, 4) is 0 Å². The van der Waals surface area contributed by atoms with Crippen LogP contribution in [-0.4, -0.2) is 42.3 Å². The molecule has 0 aliphatic rings. The van der Waals surface area contributed by atoms with E-state index in [1.807, 2.05) is 0 Å². The Morgan fingerprint density at radius 2 is 1.78 bits per heavy atom. The van der Waals surface area contributed by atoms with Gasteiger partial charge in [-0.05, 0) is 24.4 Å². The largest absolute Gasteiger partial charge is 0.398 e. The van der Waals surface area contributed by atoms with Crippen LogP contribution in [0.3, 0.4) is 0 Å². The molecule has 0 radical (unpaired) electrons. The minimum atomic E-state index is -2.05. The van der Waals surface area contributed by atoms with Gasteiger partial charge in [0.1, 0.15) is 6.29 Å². The third-order valence-electron chi connectivity index (χ3n) is 3.84. The molecule has 2 atom stereocenters. The van der Waals surface area contributed by atoms with E-state index < -0.39 is 8.56 Å². The highest BCUT2D eigenvalue weighted by Crippen LogP contribution is 2.25. The Kier molecular flexibility index (Phi) is 9.54. The van der Waals surface area contributed by atoms with Gasteiger partial charge in [0.25, 0.3) is 0 Å². The molecule has 0 spiro atoms. The third-order valence-corrected chi connectivity index (χ3v) is 7.46. The molecule has 0 amide bonds. The lowest BCUT2D eigenvalue weighted by atomic mass is 9.94. The Morgan fingerprint density at radius 1 is 1.17 bits per heavy atom. The average Bonchev–Trinajstić information content (AvgIpc) is 2.43. The summed E-state index contributed by atoms with van der Waals surface area (Å²) in [5, 5.41) is 0. The zero-order valence-electron chi connectivity index (χ0n) is 12.4. The van der Waals surface area contributed by atoms with Gasteiger partial charge in [0.2, 0.25) is 0 Å². The molecule has 2 unspecified atom stereocenters. The minimum absolute atomic E-state index is 0.115. The molecule has 0 bridgehead atoms. The van der Waals surface area contributed by atoms with Crippen LogP contribution in [0.15, 0.2) is 0 Å². The van der Waals surface area contributed by atoms with Gasteiger partial charge in [-0.3, -0.25) is 0 Å². The molecule has 0 aromatic carbocycles. The fourth-order valence-electron chi connectivity index (χ4n) is 2.37. The maximum atomic E-state index is 10.7. The van der Waals surface area contributed by atoms with Crippen LogP contribution >= 0.6 is 0 Å². The molecule has 5 heteroatoms. The maximum Gasteiger partial charge on any atom is 0.337 e. The first-order valence-corrected chi connectivity index (χ1v) is 8.92. The van der Waals surface area contributed by atoms with E-state index in [0.717, 1.165) is 31.2 Å². The fraction of sp³-hybridized carbons (Fsp3) is 0.923. The van der Waals surface area contributed by atoms with Gasteiger partial charge >= 0.3 is 8.56 Å². The van der Waals surface area contributed by atoms with Gasteiger partial charge in [-0.2, -0.15) is 0 Å². The van der Waals surface area contributed by atoms with E-state index in [-0.39, 0.29) is 6.10 Å². The van der Waals surface area contributed by atoms with Gasteiger partial charge in [-0.1, -0.05) is 20.3 Å². The summed E-state index contributed by atoms with van der Waals surface area (Å²) in [7, 11) is 3.12. The van der Waals surface area contributed by atoms with Crippen molar-refractivity contribution in [3.63, 3.8) is 0 Å². The van der Waals surface area contributed by atoms with Gasteiger partial charge in [0.15, 0.2) is 0 Å². The molecule has 4 nitrogen and oxygen atoms in total. The van der Waals surface area contributed by atoms with Gasteiger partial charge in [0, 0.05) is 27.8 Å². The summed E-state index contributed by atoms with van der Waals surface area (Å²) in [6.07, 6.45) is 3.51. The number of ether oxygens (including phenoxy) is 1. The SMILES string of the molecule is CCC(CC=O)C(CC[Si](CC)(OC)OC)OC.